The number of halogens is 1. The van der Waals surface area contributed by atoms with Crippen molar-refractivity contribution in [3.63, 3.8) is 0 Å². The van der Waals surface area contributed by atoms with Crippen molar-refractivity contribution in [1.29, 1.82) is 0 Å². The Labute approximate surface area is 117 Å². The number of hydrogen-bond donors (Lipinski definition) is 2. The molecule has 0 aromatic heterocycles. The van der Waals surface area contributed by atoms with Gasteiger partial charge in [0, 0.05) is 6.54 Å². The zero-order valence-electron chi connectivity index (χ0n) is 11.3. The Hall–Kier alpha value is -1.62. The van der Waals surface area contributed by atoms with Gasteiger partial charge in [-0.15, -0.1) is 0 Å². The summed E-state index contributed by atoms with van der Waals surface area (Å²) in [6.45, 7) is 0.340. The maximum atomic E-state index is 13.3. The molecule has 1 fully saturated rings. The SMILES string of the molecule is O=C(COc1ccccc1F)NCC1CCCC(O)C1. The number of aliphatic hydroxyl groups is 1. The largest absolute Gasteiger partial charge is 0.481 e. The second kappa shape index (κ2) is 7.24. The van der Waals surface area contributed by atoms with E-state index in [1.54, 1.807) is 12.1 Å². The van der Waals surface area contributed by atoms with E-state index in [9.17, 15) is 14.3 Å². The minimum atomic E-state index is -0.476. The van der Waals surface area contributed by atoms with Gasteiger partial charge in [0.1, 0.15) is 0 Å². The van der Waals surface area contributed by atoms with Crippen molar-refractivity contribution in [2.24, 2.45) is 5.92 Å². The van der Waals surface area contributed by atoms with Crippen LogP contribution in [0.1, 0.15) is 25.7 Å². The van der Waals surface area contributed by atoms with Gasteiger partial charge in [-0.2, -0.15) is 0 Å². The Bertz CT molecular complexity index is 452. The van der Waals surface area contributed by atoms with Crippen LogP contribution in [-0.4, -0.2) is 30.3 Å². The van der Waals surface area contributed by atoms with Crippen LogP contribution in [0.2, 0.25) is 0 Å². The Morgan fingerprint density at radius 3 is 2.95 bits per heavy atom. The standard InChI is InChI=1S/C15H20FNO3/c16-13-6-1-2-7-14(13)20-10-15(19)17-9-11-4-3-5-12(18)8-11/h1-2,6-7,11-12,18H,3-5,8-10H2,(H,17,19). The molecule has 2 atom stereocenters. The lowest BCUT2D eigenvalue weighted by atomic mass is 9.87. The van der Waals surface area contributed by atoms with Crippen molar-refractivity contribution in [1.82, 2.24) is 5.32 Å². The van der Waals surface area contributed by atoms with E-state index in [4.69, 9.17) is 4.74 Å². The normalized spacial score (nSPS) is 22.3. The number of amides is 1. The summed E-state index contributed by atoms with van der Waals surface area (Å²) in [6, 6.07) is 5.99. The summed E-state index contributed by atoms with van der Waals surface area (Å²) < 4.78 is 18.4. The third-order valence-electron chi connectivity index (χ3n) is 3.54. The van der Waals surface area contributed by atoms with E-state index in [2.05, 4.69) is 5.32 Å². The van der Waals surface area contributed by atoms with Crippen molar-refractivity contribution in [2.75, 3.05) is 13.2 Å². The zero-order valence-corrected chi connectivity index (χ0v) is 11.3. The molecule has 20 heavy (non-hydrogen) atoms. The summed E-state index contributed by atoms with van der Waals surface area (Å²) in [5.41, 5.74) is 0. The van der Waals surface area contributed by atoms with Crippen molar-refractivity contribution in [3.8, 4) is 5.75 Å². The first-order valence-electron chi connectivity index (χ1n) is 6.97. The monoisotopic (exact) mass is 281 g/mol. The van der Waals surface area contributed by atoms with Gasteiger partial charge in [0.2, 0.25) is 0 Å². The number of benzene rings is 1. The van der Waals surface area contributed by atoms with Crippen LogP contribution < -0.4 is 10.1 Å². The minimum absolute atomic E-state index is 0.0794. The Morgan fingerprint density at radius 2 is 2.20 bits per heavy atom. The lowest BCUT2D eigenvalue weighted by molar-refractivity contribution is -0.123. The second-order valence-corrected chi connectivity index (χ2v) is 5.21. The highest BCUT2D eigenvalue weighted by Crippen LogP contribution is 2.23. The summed E-state index contributed by atoms with van der Waals surface area (Å²) in [7, 11) is 0. The maximum absolute atomic E-state index is 13.3. The molecule has 2 unspecified atom stereocenters. The van der Waals surface area contributed by atoms with Crippen molar-refractivity contribution < 1.29 is 19.0 Å². The van der Waals surface area contributed by atoms with Crippen LogP contribution in [-0.2, 0) is 4.79 Å². The fraction of sp³-hybridized carbons (Fsp3) is 0.533. The quantitative estimate of drug-likeness (QED) is 0.866. The molecule has 4 nitrogen and oxygen atoms in total. The number of aliphatic hydroxyl groups excluding tert-OH is 1. The number of rotatable bonds is 5. The topological polar surface area (TPSA) is 58.6 Å². The highest BCUT2D eigenvalue weighted by atomic mass is 19.1. The van der Waals surface area contributed by atoms with Crippen LogP contribution in [0.25, 0.3) is 0 Å². The summed E-state index contributed by atoms with van der Waals surface area (Å²) >= 11 is 0. The third kappa shape index (κ3) is 4.49. The van der Waals surface area contributed by atoms with Gasteiger partial charge in [-0.25, -0.2) is 4.39 Å². The lowest BCUT2D eigenvalue weighted by Gasteiger charge is -2.25. The van der Waals surface area contributed by atoms with Crippen molar-refractivity contribution >= 4 is 5.91 Å². The van der Waals surface area contributed by atoms with Crippen LogP contribution in [0.3, 0.4) is 0 Å². The fourth-order valence-electron chi connectivity index (χ4n) is 2.46. The van der Waals surface area contributed by atoms with Crippen molar-refractivity contribution in [3.05, 3.63) is 30.1 Å². The molecule has 0 saturated heterocycles. The van der Waals surface area contributed by atoms with E-state index in [0.29, 0.717) is 12.5 Å². The van der Waals surface area contributed by atoms with Crippen LogP contribution in [0.15, 0.2) is 24.3 Å². The van der Waals surface area contributed by atoms with Crippen LogP contribution in [0.5, 0.6) is 5.75 Å². The average Bonchev–Trinajstić information content (AvgIpc) is 2.44. The molecule has 2 rings (SSSR count). The minimum Gasteiger partial charge on any atom is -0.481 e. The number of carbonyl (C=O) groups is 1. The first-order chi connectivity index (χ1) is 9.65. The Balaban J connectivity index is 1.69. The molecule has 0 bridgehead atoms. The molecule has 1 amide bonds. The molecule has 0 spiro atoms. The first kappa shape index (κ1) is 14.8. The van der Waals surface area contributed by atoms with Crippen LogP contribution in [0.4, 0.5) is 4.39 Å². The molecule has 0 aliphatic heterocycles. The maximum Gasteiger partial charge on any atom is 0.257 e. The number of para-hydroxylation sites is 1. The van der Waals surface area contributed by atoms with Gasteiger partial charge >= 0.3 is 0 Å². The first-order valence-corrected chi connectivity index (χ1v) is 6.97. The molecular formula is C15H20FNO3. The molecule has 1 aromatic carbocycles. The summed E-state index contributed by atoms with van der Waals surface area (Å²) in [5.74, 6) is -0.351. The van der Waals surface area contributed by atoms with Gasteiger partial charge in [-0.05, 0) is 37.3 Å². The third-order valence-corrected chi connectivity index (χ3v) is 3.54. The number of nitrogens with one attached hydrogen (secondary N) is 1. The van der Waals surface area contributed by atoms with E-state index in [1.165, 1.54) is 12.1 Å². The predicted molar refractivity (Wildman–Crippen MR) is 72.9 cm³/mol. The number of hydrogen-bond acceptors (Lipinski definition) is 3. The van der Waals surface area contributed by atoms with Crippen LogP contribution >= 0.6 is 0 Å². The lowest BCUT2D eigenvalue weighted by Crippen LogP contribution is -2.35. The average molecular weight is 281 g/mol. The zero-order chi connectivity index (χ0) is 14.4. The molecule has 1 aliphatic carbocycles. The van der Waals surface area contributed by atoms with E-state index in [-0.39, 0.29) is 24.4 Å². The fourth-order valence-corrected chi connectivity index (χ4v) is 2.46. The van der Waals surface area contributed by atoms with Crippen molar-refractivity contribution in [2.45, 2.75) is 31.8 Å². The van der Waals surface area contributed by atoms with Gasteiger partial charge in [-0.1, -0.05) is 18.6 Å². The smallest absolute Gasteiger partial charge is 0.257 e. The van der Waals surface area contributed by atoms with Gasteiger partial charge in [0.05, 0.1) is 6.10 Å². The molecule has 1 aromatic rings. The van der Waals surface area contributed by atoms with E-state index >= 15 is 0 Å². The molecule has 110 valence electrons. The van der Waals surface area contributed by atoms with E-state index < -0.39 is 5.82 Å². The molecule has 0 heterocycles. The van der Waals surface area contributed by atoms with E-state index in [0.717, 1.165) is 25.7 Å². The molecule has 1 saturated carbocycles. The molecule has 0 radical (unpaired) electrons. The highest BCUT2D eigenvalue weighted by Gasteiger charge is 2.20. The highest BCUT2D eigenvalue weighted by molar-refractivity contribution is 5.77. The van der Waals surface area contributed by atoms with Gasteiger partial charge < -0.3 is 15.2 Å². The Morgan fingerprint density at radius 1 is 1.40 bits per heavy atom. The number of carbonyl (C=O) groups excluding carboxylic acids is 1. The summed E-state index contributed by atoms with van der Waals surface area (Å²) in [4.78, 5) is 11.6. The Kier molecular flexibility index (Phi) is 5.35. The molecule has 5 heteroatoms. The van der Waals surface area contributed by atoms with E-state index in [1.807, 2.05) is 0 Å². The molecular weight excluding hydrogens is 261 g/mol. The van der Waals surface area contributed by atoms with Gasteiger partial charge in [0.25, 0.3) is 5.91 Å². The molecule has 2 N–H and O–H groups in total. The summed E-state index contributed by atoms with van der Waals surface area (Å²) in [5, 5.41) is 12.3. The second-order valence-electron chi connectivity index (χ2n) is 5.21. The van der Waals surface area contributed by atoms with Gasteiger partial charge in [-0.3, -0.25) is 4.79 Å². The van der Waals surface area contributed by atoms with Crippen LogP contribution in [0, 0.1) is 11.7 Å². The molecule has 1 aliphatic rings. The van der Waals surface area contributed by atoms with Gasteiger partial charge in [0.15, 0.2) is 18.2 Å². The summed E-state index contributed by atoms with van der Waals surface area (Å²) in [6.07, 6.45) is 3.34. The number of ether oxygens (including phenoxy) is 1. The predicted octanol–water partition coefficient (Wildman–Crippen LogP) is 1.87.